The predicted octanol–water partition coefficient (Wildman–Crippen LogP) is 2.04. The van der Waals surface area contributed by atoms with Crippen molar-refractivity contribution in [2.45, 2.75) is 13.0 Å². The van der Waals surface area contributed by atoms with Gasteiger partial charge in [-0.15, -0.1) is 0 Å². The fraction of sp³-hybridized carbons (Fsp3) is 0.273. The molecule has 1 N–H and O–H groups in total. The molecular formula is C11H13NO3S. The van der Waals surface area contributed by atoms with Crippen LogP contribution in [-0.2, 0) is 10.0 Å². The quantitative estimate of drug-likeness (QED) is 0.891. The molecule has 1 aromatic carbocycles. The molecule has 2 rings (SSSR count). The first kappa shape index (κ1) is 11.2. The molecule has 0 radical (unpaired) electrons. The van der Waals surface area contributed by atoms with E-state index < -0.39 is 10.0 Å². The zero-order valence-electron chi connectivity index (χ0n) is 9.10. The van der Waals surface area contributed by atoms with Crippen molar-refractivity contribution in [1.82, 2.24) is 4.72 Å². The second-order valence-electron chi connectivity index (χ2n) is 3.80. The van der Waals surface area contributed by atoms with Crippen LogP contribution < -0.4 is 4.72 Å². The molecule has 0 amide bonds. The summed E-state index contributed by atoms with van der Waals surface area (Å²) in [5, 5.41) is 0.972. The van der Waals surface area contributed by atoms with Crippen LogP contribution in [0.3, 0.4) is 0 Å². The smallest absolute Gasteiger partial charge is 0.209 e. The summed E-state index contributed by atoms with van der Waals surface area (Å²) in [5.74, 6) is 0.617. The number of sulfonamides is 1. The van der Waals surface area contributed by atoms with Gasteiger partial charge in [0.05, 0.1) is 12.3 Å². The lowest BCUT2D eigenvalue weighted by Gasteiger charge is -2.08. The van der Waals surface area contributed by atoms with Crippen LogP contribution in [0.5, 0.6) is 0 Å². The van der Waals surface area contributed by atoms with Crippen LogP contribution in [0.15, 0.2) is 34.7 Å². The first-order valence-electron chi connectivity index (χ1n) is 4.91. The maximum atomic E-state index is 11.1. The number of hydrogen-bond donors (Lipinski definition) is 1. The number of nitrogens with one attached hydrogen (secondary N) is 1. The van der Waals surface area contributed by atoms with Gasteiger partial charge in [-0.05, 0) is 19.1 Å². The fourth-order valence-corrected chi connectivity index (χ4v) is 2.35. The molecule has 4 nitrogen and oxygen atoms in total. The molecule has 86 valence electrons. The standard InChI is InChI=1S/C11H13NO3S/c1-8(12-16(2,13)14)11-7-9-5-3-4-6-10(9)15-11/h3-8,12H,1-2H3/t8-/m0/s1. The molecule has 0 bridgehead atoms. The van der Waals surface area contributed by atoms with Crippen LogP contribution in [0.2, 0.25) is 0 Å². The number of fused-ring (bicyclic) bond motifs is 1. The molecule has 16 heavy (non-hydrogen) atoms. The van der Waals surface area contributed by atoms with Crippen molar-refractivity contribution >= 4 is 21.0 Å². The summed E-state index contributed by atoms with van der Waals surface area (Å²) in [6, 6.07) is 9.06. The van der Waals surface area contributed by atoms with E-state index in [4.69, 9.17) is 4.42 Å². The Morgan fingerprint density at radius 3 is 2.62 bits per heavy atom. The summed E-state index contributed by atoms with van der Waals surface area (Å²) in [6.07, 6.45) is 1.13. The zero-order valence-corrected chi connectivity index (χ0v) is 9.91. The van der Waals surface area contributed by atoms with Gasteiger partial charge in [0.2, 0.25) is 10.0 Å². The van der Waals surface area contributed by atoms with Gasteiger partial charge >= 0.3 is 0 Å². The van der Waals surface area contributed by atoms with Crippen molar-refractivity contribution in [3.8, 4) is 0 Å². The van der Waals surface area contributed by atoms with Crippen LogP contribution in [0.1, 0.15) is 18.7 Å². The Hall–Kier alpha value is -1.33. The van der Waals surface area contributed by atoms with Crippen molar-refractivity contribution in [2.75, 3.05) is 6.26 Å². The highest BCUT2D eigenvalue weighted by Crippen LogP contribution is 2.23. The highest BCUT2D eigenvalue weighted by atomic mass is 32.2. The van der Waals surface area contributed by atoms with Gasteiger partial charge in [-0.2, -0.15) is 0 Å². The van der Waals surface area contributed by atoms with Crippen LogP contribution >= 0.6 is 0 Å². The van der Waals surface area contributed by atoms with Gasteiger partial charge in [-0.3, -0.25) is 0 Å². The van der Waals surface area contributed by atoms with Gasteiger partial charge in [0, 0.05) is 5.39 Å². The van der Waals surface area contributed by atoms with Crippen molar-refractivity contribution in [3.05, 3.63) is 36.1 Å². The number of furan rings is 1. The third-order valence-electron chi connectivity index (χ3n) is 2.26. The van der Waals surface area contributed by atoms with Gasteiger partial charge < -0.3 is 4.42 Å². The summed E-state index contributed by atoms with van der Waals surface area (Å²) in [7, 11) is -3.22. The minimum Gasteiger partial charge on any atom is -0.459 e. The number of benzene rings is 1. The first-order chi connectivity index (χ1) is 7.46. The molecule has 0 aliphatic carbocycles. The van der Waals surface area contributed by atoms with Crippen LogP contribution in [0.4, 0.5) is 0 Å². The highest BCUT2D eigenvalue weighted by Gasteiger charge is 2.14. The SMILES string of the molecule is C[C@H](NS(C)(=O)=O)c1cc2ccccc2o1. The molecule has 0 saturated heterocycles. The molecule has 0 aliphatic heterocycles. The summed E-state index contributed by atoms with van der Waals surface area (Å²) in [6.45, 7) is 1.75. The minimum absolute atomic E-state index is 0.359. The predicted molar refractivity (Wildman–Crippen MR) is 62.6 cm³/mol. The molecular weight excluding hydrogens is 226 g/mol. The molecule has 1 heterocycles. The van der Waals surface area contributed by atoms with Gasteiger partial charge in [-0.1, -0.05) is 18.2 Å². The Labute approximate surface area is 94.3 Å². The van der Waals surface area contributed by atoms with Crippen LogP contribution in [-0.4, -0.2) is 14.7 Å². The second-order valence-corrected chi connectivity index (χ2v) is 5.58. The average Bonchev–Trinajstić information content (AvgIpc) is 2.58. The Morgan fingerprint density at radius 2 is 2.00 bits per heavy atom. The Morgan fingerprint density at radius 1 is 1.31 bits per heavy atom. The molecule has 1 aromatic heterocycles. The van der Waals surface area contributed by atoms with Gasteiger partial charge in [0.1, 0.15) is 11.3 Å². The Kier molecular flexibility index (Phi) is 2.73. The molecule has 0 saturated carbocycles. The number of rotatable bonds is 3. The number of hydrogen-bond acceptors (Lipinski definition) is 3. The lowest BCUT2D eigenvalue weighted by Crippen LogP contribution is -2.24. The lowest BCUT2D eigenvalue weighted by molar-refractivity contribution is 0.486. The van der Waals surface area contributed by atoms with E-state index in [1.807, 2.05) is 30.3 Å². The molecule has 1 atom stereocenters. The Bertz CT molecular complexity index is 567. The highest BCUT2D eigenvalue weighted by molar-refractivity contribution is 7.88. The zero-order chi connectivity index (χ0) is 11.8. The average molecular weight is 239 g/mol. The van der Waals surface area contributed by atoms with Crippen molar-refractivity contribution in [2.24, 2.45) is 0 Å². The van der Waals surface area contributed by atoms with Crippen molar-refractivity contribution < 1.29 is 12.8 Å². The summed E-state index contributed by atoms with van der Waals surface area (Å²) >= 11 is 0. The van der Waals surface area contributed by atoms with Crippen LogP contribution in [0.25, 0.3) is 11.0 Å². The maximum Gasteiger partial charge on any atom is 0.209 e. The van der Waals surface area contributed by atoms with Gasteiger partial charge in [0.15, 0.2) is 0 Å². The van der Waals surface area contributed by atoms with E-state index in [2.05, 4.69) is 4.72 Å². The van der Waals surface area contributed by atoms with E-state index in [0.29, 0.717) is 5.76 Å². The van der Waals surface area contributed by atoms with E-state index in [1.165, 1.54) is 0 Å². The summed E-state index contributed by atoms with van der Waals surface area (Å²) in [5.41, 5.74) is 0.764. The molecule has 2 aromatic rings. The van der Waals surface area contributed by atoms with E-state index in [1.54, 1.807) is 6.92 Å². The summed E-state index contributed by atoms with van der Waals surface area (Å²) < 4.78 is 30.2. The molecule has 0 spiro atoms. The molecule has 0 aliphatic rings. The summed E-state index contributed by atoms with van der Waals surface area (Å²) in [4.78, 5) is 0. The van der Waals surface area contributed by atoms with E-state index in [0.717, 1.165) is 17.2 Å². The third kappa shape index (κ3) is 2.43. The minimum atomic E-state index is -3.22. The van der Waals surface area contributed by atoms with Crippen LogP contribution in [0, 0.1) is 0 Å². The Balaban J connectivity index is 2.33. The van der Waals surface area contributed by atoms with E-state index in [9.17, 15) is 8.42 Å². The topological polar surface area (TPSA) is 59.3 Å². The van der Waals surface area contributed by atoms with Crippen molar-refractivity contribution in [3.63, 3.8) is 0 Å². The molecule has 0 fully saturated rings. The van der Waals surface area contributed by atoms with Crippen molar-refractivity contribution in [1.29, 1.82) is 0 Å². The largest absolute Gasteiger partial charge is 0.459 e. The fourth-order valence-electron chi connectivity index (χ4n) is 1.59. The number of para-hydroxylation sites is 1. The van der Waals surface area contributed by atoms with Gasteiger partial charge in [-0.25, -0.2) is 13.1 Å². The second kappa shape index (κ2) is 3.92. The van der Waals surface area contributed by atoms with Gasteiger partial charge in [0.25, 0.3) is 0 Å². The van der Waals surface area contributed by atoms with E-state index >= 15 is 0 Å². The normalized spacial score (nSPS) is 14.1. The lowest BCUT2D eigenvalue weighted by atomic mass is 10.2. The maximum absolute atomic E-state index is 11.1. The molecule has 0 unspecified atom stereocenters. The molecule has 5 heteroatoms. The monoisotopic (exact) mass is 239 g/mol. The first-order valence-corrected chi connectivity index (χ1v) is 6.80. The van der Waals surface area contributed by atoms with E-state index in [-0.39, 0.29) is 6.04 Å². The third-order valence-corrected chi connectivity index (χ3v) is 3.04.